The summed E-state index contributed by atoms with van der Waals surface area (Å²) in [7, 11) is 2.15. The molecule has 1 aromatic rings. The number of anilines is 1. The van der Waals surface area contributed by atoms with Crippen LogP contribution in [0.5, 0.6) is 0 Å². The van der Waals surface area contributed by atoms with Gasteiger partial charge in [-0.15, -0.1) is 0 Å². The van der Waals surface area contributed by atoms with E-state index in [-0.39, 0.29) is 0 Å². The van der Waals surface area contributed by atoms with E-state index in [0.29, 0.717) is 6.04 Å². The lowest BCUT2D eigenvalue weighted by atomic mass is 10.1. The third-order valence-corrected chi connectivity index (χ3v) is 4.44. The number of aliphatic hydroxyl groups is 1. The third kappa shape index (κ3) is 2.83. The molecule has 0 saturated heterocycles. The average molecular weight is 298 g/mol. The summed E-state index contributed by atoms with van der Waals surface area (Å²) in [6, 6.07) is 6.78. The minimum atomic E-state index is -0.426. The van der Waals surface area contributed by atoms with E-state index in [1.807, 2.05) is 6.07 Å². The summed E-state index contributed by atoms with van der Waals surface area (Å²) in [4.78, 5) is 2.33. The molecule has 0 heterocycles. The van der Waals surface area contributed by atoms with E-state index in [0.717, 1.165) is 16.0 Å². The lowest BCUT2D eigenvalue weighted by molar-refractivity contribution is 0.198. The van der Waals surface area contributed by atoms with Gasteiger partial charge in [-0.05, 0) is 50.3 Å². The van der Waals surface area contributed by atoms with Gasteiger partial charge in [0.15, 0.2) is 0 Å². The van der Waals surface area contributed by atoms with Crippen LogP contribution >= 0.6 is 15.9 Å². The first kappa shape index (κ1) is 12.9. The Kier molecular flexibility index (Phi) is 3.79. The van der Waals surface area contributed by atoms with Gasteiger partial charge in [0, 0.05) is 23.2 Å². The molecule has 1 saturated carbocycles. The Labute approximate surface area is 112 Å². The van der Waals surface area contributed by atoms with E-state index in [1.165, 1.54) is 18.5 Å². The molecule has 94 valence electrons. The number of rotatable bonds is 4. The summed E-state index contributed by atoms with van der Waals surface area (Å²) in [5.74, 6) is 0.857. The molecule has 2 atom stereocenters. The molecule has 0 bridgehead atoms. The molecule has 1 N–H and O–H groups in total. The van der Waals surface area contributed by atoms with Gasteiger partial charge in [-0.2, -0.15) is 0 Å². The van der Waals surface area contributed by atoms with Crippen molar-refractivity contribution in [2.24, 2.45) is 5.92 Å². The van der Waals surface area contributed by atoms with Gasteiger partial charge in [0.25, 0.3) is 0 Å². The maximum absolute atomic E-state index is 9.60. The standard InChI is InChI=1S/C14H20BrNO/c1-9(11-4-5-11)16(3)12-6-7-13(10(2)17)14(15)8-12/h6-11,17H,4-5H2,1-3H3. The monoisotopic (exact) mass is 297 g/mol. The second-order valence-corrected chi connectivity index (χ2v) is 5.93. The molecule has 0 aliphatic heterocycles. The van der Waals surface area contributed by atoms with Crippen molar-refractivity contribution < 1.29 is 5.11 Å². The van der Waals surface area contributed by atoms with E-state index < -0.39 is 6.10 Å². The highest BCUT2D eigenvalue weighted by Crippen LogP contribution is 2.37. The maximum Gasteiger partial charge on any atom is 0.0772 e. The highest BCUT2D eigenvalue weighted by molar-refractivity contribution is 9.10. The van der Waals surface area contributed by atoms with Crippen LogP contribution < -0.4 is 4.90 Å². The molecule has 0 aromatic heterocycles. The van der Waals surface area contributed by atoms with Gasteiger partial charge >= 0.3 is 0 Å². The van der Waals surface area contributed by atoms with E-state index >= 15 is 0 Å². The van der Waals surface area contributed by atoms with Gasteiger partial charge in [0.05, 0.1) is 6.10 Å². The second kappa shape index (κ2) is 4.99. The van der Waals surface area contributed by atoms with Gasteiger partial charge < -0.3 is 10.0 Å². The van der Waals surface area contributed by atoms with E-state index in [1.54, 1.807) is 6.92 Å². The molecule has 3 heteroatoms. The molecule has 1 aliphatic carbocycles. The fraction of sp³-hybridized carbons (Fsp3) is 0.571. The predicted molar refractivity (Wildman–Crippen MR) is 75.4 cm³/mol. The Morgan fingerprint density at radius 1 is 1.35 bits per heavy atom. The molecule has 1 aliphatic rings. The molecule has 17 heavy (non-hydrogen) atoms. The third-order valence-electron chi connectivity index (χ3n) is 3.76. The van der Waals surface area contributed by atoms with Crippen LogP contribution in [-0.4, -0.2) is 18.2 Å². The largest absolute Gasteiger partial charge is 0.389 e. The number of benzene rings is 1. The van der Waals surface area contributed by atoms with Crippen LogP contribution in [0, 0.1) is 5.92 Å². The predicted octanol–water partition coefficient (Wildman–Crippen LogP) is 3.74. The van der Waals surface area contributed by atoms with Crippen LogP contribution in [-0.2, 0) is 0 Å². The summed E-state index contributed by atoms with van der Waals surface area (Å²) in [5, 5.41) is 9.60. The van der Waals surface area contributed by atoms with Crippen LogP contribution in [0.4, 0.5) is 5.69 Å². The van der Waals surface area contributed by atoms with Gasteiger partial charge in [-0.1, -0.05) is 22.0 Å². The molecular weight excluding hydrogens is 278 g/mol. The van der Waals surface area contributed by atoms with Gasteiger partial charge in [0.2, 0.25) is 0 Å². The first-order valence-corrected chi connectivity index (χ1v) is 7.00. The van der Waals surface area contributed by atoms with Gasteiger partial charge in [-0.25, -0.2) is 0 Å². The molecule has 0 amide bonds. The van der Waals surface area contributed by atoms with Crippen molar-refractivity contribution in [3.8, 4) is 0 Å². The fourth-order valence-corrected chi connectivity index (χ4v) is 2.90. The second-order valence-electron chi connectivity index (χ2n) is 5.07. The quantitative estimate of drug-likeness (QED) is 0.915. The van der Waals surface area contributed by atoms with Crippen LogP contribution in [0.3, 0.4) is 0 Å². The summed E-state index contributed by atoms with van der Waals surface area (Å²) >= 11 is 3.53. The van der Waals surface area contributed by atoms with Gasteiger partial charge in [-0.3, -0.25) is 0 Å². The van der Waals surface area contributed by atoms with Gasteiger partial charge in [0.1, 0.15) is 0 Å². The van der Waals surface area contributed by atoms with Crippen LogP contribution in [0.1, 0.15) is 38.4 Å². The molecule has 0 spiro atoms. The normalized spacial score (nSPS) is 18.9. The Balaban J connectivity index is 2.18. The number of nitrogens with zero attached hydrogens (tertiary/aromatic N) is 1. The van der Waals surface area contributed by atoms with Crippen molar-refractivity contribution in [3.63, 3.8) is 0 Å². The first-order chi connectivity index (χ1) is 8.00. The highest BCUT2D eigenvalue weighted by atomic mass is 79.9. The Hall–Kier alpha value is -0.540. The maximum atomic E-state index is 9.60. The molecule has 2 unspecified atom stereocenters. The van der Waals surface area contributed by atoms with Crippen molar-refractivity contribution >= 4 is 21.6 Å². The van der Waals surface area contributed by atoms with Crippen molar-refractivity contribution in [1.82, 2.24) is 0 Å². The number of aliphatic hydroxyl groups excluding tert-OH is 1. The minimum Gasteiger partial charge on any atom is -0.389 e. The Morgan fingerprint density at radius 3 is 2.47 bits per heavy atom. The van der Waals surface area contributed by atoms with Crippen molar-refractivity contribution in [2.75, 3.05) is 11.9 Å². The molecule has 2 rings (SSSR count). The molecule has 1 aromatic carbocycles. The molecule has 2 nitrogen and oxygen atoms in total. The highest BCUT2D eigenvalue weighted by Gasteiger charge is 2.30. The summed E-state index contributed by atoms with van der Waals surface area (Å²) in [6.07, 6.45) is 2.29. The van der Waals surface area contributed by atoms with Crippen LogP contribution in [0.15, 0.2) is 22.7 Å². The average Bonchev–Trinajstić information content (AvgIpc) is 3.10. The lowest BCUT2D eigenvalue weighted by Gasteiger charge is -2.27. The van der Waals surface area contributed by atoms with E-state index in [4.69, 9.17) is 0 Å². The molecule has 1 fully saturated rings. The van der Waals surface area contributed by atoms with Crippen molar-refractivity contribution in [2.45, 2.75) is 38.8 Å². The summed E-state index contributed by atoms with van der Waals surface area (Å²) in [5.41, 5.74) is 2.15. The zero-order chi connectivity index (χ0) is 12.6. The van der Waals surface area contributed by atoms with E-state index in [9.17, 15) is 5.11 Å². The Bertz CT molecular complexity index is 401. The van der Waals surface area contributed by atoms with Crippen molar-refractivity contribution in [1.29, 1.82) is 0 Å². The smallest absolute Gasteiger partial charge is 0.0772 e. The number of hydrogen-bond donors (Lipinski definition) is 1. The van der Waals surface area contributed by atoms with Crippen LogP contribution in [0.2, 0.25) is 0 Å². The molecular formula is C14H20BrNO. The first-order valence-electron chi connectivity index (χ1n) is 6.21. The number of halogens is 1. The summed E-state index contributed by atoms with van der Waals surface area (Å²) in [6.45, 7) is 4.07. The Morgan fingerprint density at radius 2 is 2.00 bits per heavy atom. The summed E-state index contributed by atoms with van der Waals surface area (Å²) < 4.78 is 0.986. The van der Waals surface area contributed by atoms with Crippen molar-refractivity contribution in [3.05, 3.63) is 28.2 Å². The fourth-order valence-electron chi connectivity index (χ4n) is 2.20. The zero-order valence-electron chi connectivity index (χ0n) is 10.7. The molecule has 0 radical (unpaired) electrons. The number of hydrogen-bond acceptors (Lipinski definition) is 2. The van der Waals surface area contributed by atoms with E-state index in [2.05, 4.69) is 46.9 Å². The minimum absolute atomic E-state index is 0.426. The SMILES string of the molecule is CC(O)c1ccc(N(C)C(C)C2CC2)cc1Br. The zero-order valence-corrected chi connectivity index (χ0v) is 12.2. The lowest BCUT2D eigenvalue weighted by Crippen LogP contribution is -2.30. The topological polar surface area (TPSA) is 23.5 Å². The van der Waals surface area contributed by atoms with Crippen LogP contribution in [0.25, 0.3) is 0 Å².